The highest BCUT2D eigenvalue weighted by atomic mass is 127. The first-order chi connectivity index (χ1) is 7.17. The molecular weight excluding hydrogens is 317 g/mol. The topological polar surface area (TPSA) is 50.8 Å². The fourth-order valence-corrected chi connectivity index (χ4v) is 1.51. The molecule has 1 aliphatic rings. The summed E-state index contributed by atoms with van der Waals surface area (Å²) in [6.07, 6.45) is 6.36. The number of hydrogen-bond acceptors (Lipinski definition) is 2. The number of halogens is 1. The lowest BCUT2D eigenvalue weighted by Gasteiger charge is -2.32. The average molecular weight is 337 g/mol. The van der Waals surface area contributed by atoms with Gasteiger partial charge < -0.3 is 15.4 Å². The molecule has 92 valence electrons. The SMILES string of the molecule is C#CC(CC)N=C(N)N1CCOC(C)C1.I. The number of rotatable bonds is 2. The molecule has 0 amide bonds. The molecule has 1 aliphatic heterocycles. The van der Waals surface area contributed by atoms with Crippen molar-refractivity contribution < 1.29 is 4.74 Å². The number of aliphatic imine (C=N–C) groups is 1. The number of morpholine rings is 1. The minimum Gasteiger partial charge on any atom is -0.375 e. The molecule has 0 spiro atoms. The van der Waals surface area contributed by atoms with Gasteiger partial charge >= 0.3 is 0 Å². The molecule has 0 bridgehead atoms. The molecule has 16 heavy (non-hydrogen) atoms. The zero-order valence-corrected chi connectivity index (χ0v) is 12.2. The lowest BCUT2D eigenvalue weighted by molar-refractivity contribution is 0.00526. The maximum atomic E-state index is 5.89. The van der Waals surface area contributed by atoms with Gasteiger partial charge in [0.15, 0.2) is 5.96 Å². The van der Waals surface area contributed by atoms with Crippen LogP contribution >= 0.6 is 24.0 Å². The van der Waals surface area contributed by atoms with E-state index in [4.69, 9.17) is 16.9 Å². The van der Waals surface area contributed by atoms with Crippen LogP contribution in [0.15, 0.2) is 4.99 Å². The zero-order chi connectivity index (χ0) is 11.3. The van der Waals surface area contributed by atoms with Crippen LogP contribution in [0.5, 0.6) is 0 Å². The lowest BCUT2D eigenvalue weighted by atomic mass is 10.2. The van der Waals surface area contributed by atoms with Crippen LogP contribution in [-0.4, -0.2) is 42.7 Å². The average Bonchev–Trinajstić information content (AvgIpc) is 2.25. The van der Waals surface area contributed by atoms with E-state index in [1.165, 1.54) is 0 Å². The molecule has 1 heterocycles. The lowest BCUT2D eigenvalue weighted by Crippen LogP contribution is -2.48. The maximum absolute atomic E-state index is 5.89. The van der Waals surface area contributed by atoms with Crippen molar-refractivity contribution in [2.45, 2.75) is 32.4 Å². The Labute approximate surface area is 115 Å². The van der Waals surface area contributed by atoms with Crippen LogP contribution in [0.3, 0.4) is 0 Å². The van der Waals surface area contributed by atoms with E-state index in [1.807, 2.05) is 18.7 Å². The minimum atomic E-state index is -0.108. The van der Waals surface area contributed by atoms with Crippen molar-refractivity contribution in [3.05, 3.63) is 0 Å². The molecule has 2 N–H and O–H groups in total. The molecule has 0 aromatic rings. The third-order valence-corrected chi connectivity index (χ3v) is 2.43. The van der Waals surface area contributed by atoms with Gasteiger partial charge in [-0.05, 0) is 13.3 Å². The van der Waals surface area contributed by atoms with Crippen molar-refractivity contribution in [3.8, 4) is 12.3 Å². The summed E-state index contributed by atoms with van der Waals surface area (Å²) in [6.45, 7) is 6.31. The van der Waals surface area contributed by atoms with E-state index < -0.39 is 0 Å². The Hall–Kier alpha value is -0.480. The Morgan fingerprint density at radius 2 is 2.44 bits per heavy atom. The van der Waals surface area contributed by atoms with Crippen LogP contribution in [0.1, 0.15) is 20.3 Å². The van der Waals surface area contributed by atoms with E-state index in [9.17, 15) is 0 Å². The first kappa shape index (κ1) is 15.5. The molecule has 1 fully saturated rings. The molecule has 0 radical (unpaired) electrons. The van der Waals surface area contributed by atoms with Gasteiger partial charge in [-0.1, -0.05) is 12.8 Å². The van der Waals surface area contributed by atoms with Gasteiger partial charge in [-0.3, -0.25) is 0 Å². The molecular formula is C11H20IN3O. The Morgan fingerprint density at radius 1 is 1.75 bits per heavy atom. The van der Waals surface area contributed by atoms with E-state index in [2.05, 4.69) is 10.9 Å². The van der Waals surface area contributed by atoms with Gasteiger partial charge in [-0.15, -0.1) is 30.4 Å². The Balaban J connectivity index is 0.00000225. The van der Waals surface area contributed by atoms with Crippen LogP contribution in [0.25, 0.3) is 0 Å². The van der Waals surface area contributed by atoms with Crippen molar-refractivity contribution in [1.29, 1.82) is 0 Å². The Bertz CT molecular complexity index is 275. The van der Waals surface area contributed by atoms with Crippen LogP contribution in [-0.2, 0) is 4.74 Å². The van der Waals surface area contributed by atoms with Gasteiger partial charge in [0.1, 0.15) is 6.04 Å². The molecule has 1 saturated heterocycles. The number of nitrogens with two attached hydrogens (primary N) is 1. The Morgan fingerprint density at radius 3 is 2.94 bits per heavy atom. The quantitative estimate of drug-likeness (QED) is 0.355. The van der Waals surface area contributed by atoms with E-state index in [0.29, 0.717) is 12.6 Å². The second-order valence-electron chi connectivity index (χ2n) is 3.71. The highest BCUT2D eigenvalue weighted by molar-refractivity contribution is 14.0. The highest BCUT2D eigenvalue weighted by Crippen LogP contribution is 2.05. The van der Waals surface area contributed by atoms with Crippen LogP contribution < -0.4 is 5.73 Å². The largest absolute Gasteiger partial charge is 0.375 e. The molecule has 0 aliphatic carbocycles. The normalized spacial score (nSPS) is 23.2. The summed E-state index contributed by atoms with van der Waals surface area (Å²) in [5, 5.41) is 0. The minimum absolute atomic E-state index is 0. The summed E-state index contributed by atoms with van der Waals surface area (Å²) >= 11 is 0. The number of nitrogens with zero attached hydrogens (tertiary/aromatic N) is 2. The van der Waals surface area contributed by atoms with Crippen molar-refractivity contribution in [2.75, 3.05) is 19.7 Å². The number of hydrogen-bond donors (Lipinski definition) is 1. The maximum Gasteiger partial charge on any atom is 0.192 e. The van der Waals surface area contributed by atoms with Gasteiger partial charge in [0.25, 0.3) is 0 Å². The molecule has 0 aromatic heterocycles. The van der Waals surface area contributed by atoms with Gasteiger partial charge in [0.05, 0.1) is 12.7 Å². The third-order valence-electron chi connectivity index (χ3n) is 2.43. The monoisotopic (exact) mass is 337 g/mol. The van der Waals surface area contributed by atoms with Gasteiger partial charge in [-0.2, -0.15) is 0 Å². The summed E-state index contributed by atoms with van der Waals surface area (Å²) in [5.41, 5.74) is 5.89. The molecule has 0 aromatic carbocycles. The van der Waals surface area contributed by atoms with Gasteiger partial charge in [-0.25, -0.2) is 4.99 Å². The van der Waals surface area contributed by atoms with Crippen molar-refractivity contribution in [3.63, 3.8) is 0 Å². The van der Waals surface area contributed by atoms with E-state index in [1.54, 1.807) is 0 Å². The molecule has 2 atom stereocenters. The molecule has 5 heteroatoms. The van der Waals surface area contributed by atoms with E-state index in [0.717, 1.165) is 19.5 Å². The highest BCUT2D eigenvalue weighted by Gasteiger charge is 2.18. The third kappa shape index (κ3) is 4.58. The number of guanidine groups is 1. The van der Waals surface area contributed by atoms with Crippen molar-refractivity contribution >= 4 is 29.9 Å². The van der Waals surface area contributed by atoms with Crippen molar-refractivity contribution in [2.24, 2.45) is 10.7 Å². The summed E-state index contributed by atoms with van der Waals surface area (Å²) < 4.78 is 5.42. The number of terminal acetylenes is 1. The first-order valence-electron chi connectivity index (χ1n) is 5.33. The van der Waals surface area contributed by atoms with E-state index in [-0.39, 0.29) is 36.1 Å². The standard InChI is InChI=1S/C11H19N3O.HI/c1-4-10(5-2)13-11(12)14-6-7-15-9(3)8-14;/h1,9-10H,5-8H2,2-3H3,(H2,12,13);1H. The zero-order valence-electron chi connectivity index (χ0n) is 9.85. The number of ether oxygens (including phenoxy) is 1. The van der Waals surface area contributed by atoms with Crippen LogP contribution in [0, 0.1) is 12.3 Å². The summed E-state index contributed by atoms with van der Waals surface area (Å²) in [7, 11) is 0. The van der Waals surface area contributed by atoms with Crippen LogP contribution in [0.4, 0.5) is 0 Å². The van der Waals surface area contributed by atoms with Gasteiger partial charge in [0.2, 0.25) is 0 Å². The fourth-order valence-electron chi connectivity index (χ4n) is 1.51. The molecule has 0 saturated carbocycles. The second kappa shape index (κ2) is 7.74. The first-order valence-corrected chi connectivity index (χ1v) is 5.33. The Kier molecular flexibility index (Phi) is 7.51. The van der Waals surface area contributed by atoms with Gasteiger partial charge in [0, 0.05) is 13.1 Å². The predicted octanol–water partition coefficient (Wildman–Crippen LogP) is 1.05. The van der Waals surface area contributed by atoms with E-state index >= 15 is 0 Å². The fraction of sp³-hybridized carbons (Fsp3) is 0.727. The summed E-state index contributed by atoms with van der Waals surface area (Å²) in [4.78, 5) is 6.32. The summed E-state index contributed by atoms with van der Waals surface area (Å²) in [5.74, 6) is 3.14. The van der Waals surface area contributed by atoms with Crippen molar-refractivity contribution in [1.82, 2.24) is 4.90 Å². The predicted molar refractivity (Wildman–Crippen MR) is 76.9 cm³/mol. The molecule has 4 nitrogen and oxygen atoms in total. The second-order valence-corrected chi connectivity index (χ2v) is 3.71. The molecule has 1 rings (SSSR count). The van der Waals surface area contributed by atoms with Crippen LogP contribution in [0.2, 0.25) is 0 Å². The molecule has 2 unspecified atom stereocenters. The summed E-state index contributed by atoms with van der Waals surface area (Å²) in [6, 6.07) is -0.108. The smallest absolute Gasteiger partial charge is 0.192 e.